The van der Waals surface area contributed by atoms with E-state index in [2.05, 4.69) is 16.3 Å². The second-order valence-corrected chi connectivity index (χ2v) is 4.74. The Morgan fingerprint density at radius 2 is 2.00 bits per heavy atom. The number of anilines is 1. The quantitative estimate of drug-likeness (QED) is 0.871. The molecule has 2 rings (SSSR count). The zero-order valence-electron chi connectivity index (χ0n) is 12.5. The average molecular weight is 282 g/mol. The molecule has 1 heterocycles. The lowest BCUT2D eigenvalue weighted by Crippen LogP contribution is -2.05. The first-order valence-electron chi connectivity index (χ1n) is 6.93. The van der Waals surface area contributed by atoms with Gasteiger partial charge in [0.15, 0.2) is 0 Å². The Morgan fingerprint density at radius 1 is 1.24 bits per heavy atom. The molecule has 0 spiro atoms. The summed E-state index contributed by atoms with van der Waals surface area (Å²) < 4.78 is 5.73. The van der Waals surface area contributed by atoms with Crippen molar-refractivity contribution >= 4 is 5.69 Å². The van der Waals surface area contributed by atoms with Crippen LogP contribution in [0.25, 0.3) is 0 Å². The minimum atomic E-state index is 0.246. The maximum absolute atomic E-state index is 9.41. The Bertz CT molecular complexity index is 704. The van der Waals surface area contributed by atoms with Gasteiger partial charge in [-0.3, -0.25) is 0 Å². The molecule has 0 aliphatic rings. The summed E-state index contributed by atoms with van der Waals surface area (Å²) in [4.78, 5) is 0. The van der Waals surface area contributed by atoms with Crippen LogP contribution in [0, 0.1) is 18.3 Å². The molecular weight excluding hydrogens is 264 g/mol. The minimum Gasteiger partial charge on any atom is -0.437 e. The fraction of sp³-hybridized carbons (Fsp3) is 0.312. The van der Waals surface area contributed by atoms with Crippen LogP contribution in [-0.2, 0) is 12.8 Å². The molecule has 0 saturated heterocycles. The molecule has 0 atom stereocenters. The van der Waals surface area contributed by atoms with Crippen LogP contribution in [0.4, 0.5) is 5.69 Å². The summed E-state index contributed by atoms with van der Waals surface area (Å²) in [6, 6.07) is 7.52. The molecule has 2 aromatic rings. The van der Waals surface area contributed by atoms with Crippen LogP contribution < -0.4 is 10.5 Å². The topological polar surface area (TPSA) is 84.8 Å². The lowest BCUT2D eigenvalue weighted by atomic mass is 10.0. The van der Waals surface area contributed by atoms with Crippen LogP contribution >= 0.6 is 0 Å². The number of nitrogens with two attached hydrogens (primary N) is 1. The molecule has 21 heavy (non-hydrogen) atoms. The molecule has 0 aliphatic carbocycles. The largest absolute Gasteiger partial charge is 0.437 e. The third-order valence-electron chi connectivity index (χ3n) is 3.38. The van der Waals surface area contributed by atoms with Crippen molar-refractivity contribution in [2.24, 2.45) is 0 Å². The van der Waals surface area contributed by atoms with Crippen LogP contribution in [0.3, 0.4) is 0 Å². The highest BCUT2D eigenvalue weighted by atomic mass is 16.5. The van der Waals surface area contributed by atoms with Crippen LogP contribution in [0.15, 0.2) is 18.2 Å². The highest BCUT2D eigenvalue weighted by Gasteiger charge is 2.16. The summed E-state index contributed by atoms with van der Waals surface area (Å²) in [5, 5.41) is 17.6. The van der Waals surface area contributed by atoms with Crippen LogP contribution in [0.1, 0.15) is 36.2 Å². The Hall–Kier alpha value is -2.61. The number of nitriles is 1. The Balaban J connectivity index is 2.44. The molecule has 0 aliphatic heterocycles. The van der Waals surface area contributed by atoms with Crippen molar-refractivity contribution in [2.45, 2.75) is 33.6 Å². The molecule has 5 heteroatoms. The molecule has 1 aromatic heterocycles. The fourth-order valence-corrected chi connectivity index (χ4v) is 2.16. The van der Waals surface area contributed by atoms with Crippen molar-refractivity contribution in [1.82, 2.24) is 10.2 Å². The molecule has 1 aromatic carbocycles. The minimum absolute atomic E-state index is 0.246. The van der Waals surface area contributed by atoms with Crippen molar-refractivity contribution in [2.75, 3.05) is 5.73 Å². The Kier molecular flexibility index (Phi) is 4.39. The van der Waals surface area contributed by atoms with E-state index in [0.717, 1.165) is 29.7 Å². The first kappa shape index (κ1) is 14.8. The second kappa shape index (κ2) is 6.23. The zero-order chi connectivity index (χ0) is 15.4. The van der Waals surface area contributed by atoms with Crippen molar-refractivity contribution < 1.29 is 4.74 Å². The number of nitrogens with zero attached hydrogens (tertiary/aromatic N) is 3. The molecule has 108 valence electrons. The summed E-state index contributed by atoms with van der Waals surface area (Å²) in [7, 11) is 0. The van der Waals surface area contributed by atoms with E-state index in [1.165, 1.54) is 0 Å². The number of rotatable bonds is 4. The summed E-state index contributed by atoms with van der Waals surface area (Å²) in [6.07, 6.45) is 1.46. The lowest BCUT2D eigenvalue weighted by molar-refractivity contribution is 0.450. The summed E-state index contributed by atoms with van der Waals surface area (Å²) in [5.41, 5.74) is 9.60. The van der Waals surface area contributed by atoms with Crippen molar-refractivity contribution in [3.8, 4) is 17.7 Å². The molecule has 2 N–H and O–H groups in total. The van der Waals surface area contributed by atoms with E-state index in [1.54, 1.807) is 12.1 Å². The summed E-state index contributed by atoms with van der Waals surface area (Å²) in [5.74, 6) is 0.842. The number of ether oxygens (including phenoxy) is 1. The normalized spacial score (nSPS) is 10.2. The standard InChI is InChI=1S/C16H18N4O/c1-4-12-13(9-17)16(20-19-15(12)5-2)21-11-6-7-14(18)10(3)8-11/h6-8H,4-5,18H2,1-3H3. The van der Waals surface area contributed by atoms with Gasteiger partial charge >= 0.3 is 0 Å². The van der Waals surface area contributed by atoms with E-state index in [-0.39, 0.29) is 5.88 Å². The van der Waals surface area contributed by atoms with Crippen LogP contribution in [0.5, 0.6) is 11.6 Å². The van der Waals surface area contributed by atoms with Gasteiger partial charge in [0.05, 0.1) is 5.69 Å². The zero-order valence-corrected chi connectivity index (χ0v) is 12.5. The monoisotopic (exact) mass is 282 g/mol. The summed E-state index contributed by atoms with van der Waals surface area (Å²) >= 11 is 0. The number of nitrogen functional groups attached to an aromatic ring is 1. The average Bonchev–Trinajstić information content (AvgIpc) is 2.50. The van der Waals surface area contributed by atoms with Gasteiger partial charge in [-0.1, -0.05) is 13.8 Å². The van der Waals surface area contributed by atoms with Gasteiger partial charge in [-0.15, -0.1) is 5.10 Å². The predicted molar refractivity (Wildman–Crippen MR) is 81.2 cm³/mol. The van der Waals surface area contributed by atoms with Gasteiger partial charge in [-0.2, -0.15) is 10.4 Å². The van der Waals surface area contributed by atoms with Gasteiger partial charge in [0.2, 0.25) is 0 Å². The number of hydrogen-bond acceptors (Lipinski definition) is 5. The molecule has 0 fully saturated rings. The summed E-state index contributed by atoms with van der Waals surface area (Å²) in [6.45, 7) is 5.89. The van der Waals surface area contributed by atoms with Crippen molar-refractivity contribution in [3.05, 3.63) is 40.6 Å². The van der Waals surface area contributed by atoms with Crippen LogP contribution in [-0.4, -0.2) is 10.2 Å². The molecule has 5 nitrogen and oxygen atoms in total. The van der Waals surface area contributed by atoms with E-state index in [0.29, 0.717) is 17.0 Å². The number of hydrogen-bond donors (Lipinski definition) is 1. The third-order valence-corrected chi connectivity index (χ3v) is 3.38. The smallest absolute Gasteiger partial charge is 0.257 e. The molecular formula is C16H18N4O. The van der Waals surface area contributed by atoms with Gasteiger partial charge in [0.25, 0.3) is 5.88 Å². The van der Waals surface area contributed by atoms with Gasteiger partial charge in [0.1, 0.15) is 17.4 Å². The maximum Gasteiger partial charge on any atom is 0.257 e. The van der Waals surface area contributed by atoms with E-state index in [4.69, 9.17) is 10.5 Å². The Labute approximate surface area is 124 Å². The van der Waals surface area contributed by atoms with Crippen LogP contribution in [0.2, 0.25) is 0 Å². The highest BCUT2D eigenvalue weighted by molar-refractivity contribution is 5.52. The molecule has 0 unspecified atom stereocenters. The van der Waals surface area contributed by atoms with Gasteiger partial charge in [-0.25, -0.2) is 0 Å². The van der Waals surface area contributed by atoms with E-state index in [9.17, 15) is 5.26 Å². The molecule has 0 saturated carbocycles. The fourth-order valence-electron chi connectivity index (χ4n) is 2.16. The van der Waals surface area contributed by atoms with Crippen molar-refractivity contribution in [1.29, 1.82) is 5.26 Å². The number of benzene rings is 1. The maximum atomic E-state index is 9.41. The van der Waals surface area contributed by atoms with Crippen molar-refractivity contribution in [3.63, 3.8) is 0 Å². The number of aromatic nitrogens is 2. The van der Waals surface area contributed by atoms with Gasteiger partial charge < -0.3 is 10.5 Å². The SMILES string of the molecule is CCc1nnc(Oc2ccc(N)c(C)c2)c(C#N)c1CC. The van der Waals surface area contributed by atoms with E-state index < -0.39 is 0 Å². The third kappa shape index (κ3) is 2.95. The predicted octanol–water partition coefficient (Wildman–Crippen LogP) is 3.16. The lowest BCUT2D eigenvalue weighted by Gasteiger charge is -2.11. The number of aryl methyl sites for hydroxylation is 2. The second-order valence-electron chi connectivity index (χ2n) is 4.74. The first-order valence-corrected chi connectivity index (χ1v) is 6.93. The first-order chi connectivity index (χ1) is 10.1. The molecule has 0 amide bonds. The molecule has 0 radical (unpaired) electrons. The molecule has 0 bridgehead atoms. The van der Waals surface area contributed by atoms with E-state index in [1.807, 2.05) is 26.8 Å². The van der Waals surface area contributed by atoms with Gasteiger partial charge in [0, 0.05) is 5.69 Å². The highest BCUT2D eigenvalue weighted by Crippen LogP contribution is 2.28. The Morgan fingerprint density at radius 3 is 2.57 bits per heavy atom. The van der Waals surface area contributed by atoms with E-state index >= 15 is 0 Å². The van der Waals surface area contributed by atoms with Gasteiger partial charge in [-0.05, 0) is 49.1 Å².